The fourth-order valence-corrected chi connectivity index (χ4v) is 1.90. The lowest BCUT2D eigenvalue weighted by molar-refractivity contribution is -0.170. The first-order chi connectivity index (χ1) is 8.60. The van der Waals surface area contributed by atoms with Crippen LogP contribution in [0.3, 0.4) is 0 Å². The van der Waals surface area contributed by atoms with Crippen LogP contribution in [-0.2, 0) is 4.79 Å². The quantitative estimate of drug-likeness (QED) is 0.573. The van der Waals surface area contributed by atoms with Gasteiger partial charge in [0.25, 0.3) is 0 Å². The van der Waals surface area contributed by atoms with Crippen molar-refractivity contribution in [2.75, 3.05) is 0 Å². The van der Waals surface area contributed by atoms with E-state index in [0.717, 1.165) is 6.42 Å². The smallest absolute Gasteiger partial charge is 0.289 e. The number of hydrogen-bond donors (Lipinski definition) is 0. The second-order valence-corrected chi connectivity index (χ2v) is 4.46. The second kappa shape index (κ2) is 5.92. The molecule has 0 aromatic carbocycles. The van der Waals surface area contributed by atoms with Crippen LogP contribution in [0.2, 0.25) is 0 Å². The zero-order chi connectivity index (χ0) is 14.7. The van der Waals surface area contributed by atoms with Crippen molar-refractivity contribution in [1.29, 1.82) is 0 Å². The van der Waals surface area contributed by atoms with Crippen molar-refractivity contribution < 1.29 is 31.1 Å². The molecule has 0 atom stereocenters. The first-order valence-electron chi connectivity index (χ1n) is 5.84. The van der Waals surface area contributed by atoms with Crippen LogP contribution < -0.4 is 0 Å². The van der Waals surface area contributed by atoms with Crippen LogP contribution in [0.25, 0.3) is 0 Å². The number of carbonyl (C=O) groups is 1. The van der Waals surface area contributed by atoms with Gasteiger partial charge in [0.1, 0.15) is 5.71 Å². The molecule has 0 spiro atoms. The Bertz CT molecular complexity index is 351. The molecule has 19 heavy (non-hydrogen) atoms. The molecule has 8 heteroatoms. The number of Topliss-reactive ketones (excluding diaryl/α,β-unsaturated/α-hetero) is 1. The third-order valence-corrected chi connectivity index (χ3v) is 2.88. The van der Waals surface area contributed by atoms with E-state index in [1.165, 1.54) is 0 Å². The molecular weight excluding hydrogens is 276 g/mol. The van der Waals surface area contributed by atoms with Gasteiger partial charge in [0.05, 0.1) is 12.5 Å². The fourth-order valence-electron chi connectivity index (χ4n) is 1.90. The van der Waals surface area contributed by atoms with E-state index in [0.29, 0.717) is 25.7 Å². The largest absolute Gasteiger partial charge is 0.450 e. The lowest BCUT2D eigenvalue weighted by atomic mass is 9.95. The number of rotatable bonds is 3. The summed E-state index contributed by atoms with van der Waals surface area (Å²) in [5.41, 5.74) is -1.62. The van der Waals surface area contributed by atoms with Gasteiger partial charge in [-0.2, -0.15) is 26.3 Å². The van der Waals surface area contributed by atoms with Gasteiger partial charge >= 0.3 is 12.4 Å². The average molecular weight is 289 g/mol. The zero-order valence-corrected chi connectivity index (χ0v) is 9.94. The van der Waals surface area contributed by atoms with E-state index in [1.807, 2.05) is 0 Å². The normalized spacial score (nSPS) is 19.6. The van der Waals surface area contributed by atoms with E-state index < -0.39 is 36.3 Å². The third-order valence-electron chi connectivity index (χ3n) is 2.88. The zero-order valence-electron chi connectivity index (χ0n) is 9.94. The molecule has 0 aromatic rings. The number of hydrogen-bond acceptors (Lipinski definition) is 2. The lowest BCUT2D eigenvalue weighted by Crippen LogP contribution is -2.33. The highest BCUT2D eigenvalue weighted by Crippen LogP contribution is 2.27. The van der Waals surface area contributed by atoms with Gasteiger partial charge in [0, 0.05) is 0 Å². The molecule has 0 aromatic heterocycles. The Hall–Kier alpha value is -1.08. The van der Waals surface area contributed by atoms with Crippen molar-refractivity contribution in [2.24, 2.45) is 4.99 Å². The molecule has 0 bridgehead atoms. The van der Waals surface area contributed by atoms with Crippen molar-refractivity contribution in [3.05, 3.63) is 0 Å². The minimum absolute atomic E-state index is 0.416. The van der Waals surface area contributed by atoms with Crippen LogP contribution in [0, 0.1) is 0 Å². The van der Waals surface area contributed by atoms with Crippen molar-refractivity contribution in [2.45, 2.75) is 56.9 Å². The molecule has 0 N–H and O–H groups in total. The molecule has 0 heterocycles. The SMILES string of the molecule is O=C(CC(=NC1CCCCC1)C(F)(F)F)C(F)(F)F. The Balaban J connectivity index is 2.83. The summed E-state index contributed by atoms with van der Waals surface area (Å²) < 4.78 is 73.7. The molecule has 0 radical (unpaired) electrons. The molecule has 2 nitrogen and oxygen atoms in total. The van der Waals surface area contributed by atoms with Crippen molar-refractivity contribution in [1.82, 2.24) is 0 Å². The van der Waals surface area contributed by atoms with Crippen LogP contribution in [-0.4, -0.2) is 29.9 Å². The summed E-state index contributed by atoms with van der Waals surface area (Å²) in [6.07, 6.45) is -8.88. The molecule has 1 saturated carbocycles. The van der Waals surface area contributed by atoms with Crippen LogP contribution >= 0.6 is 0 Å². The molecule has 1 aliphatic rings. The molecule has 0 amide bonds. The van der Waals surface area contributed by atoms with Gasteiger partial charge in [-0.05, 0) is 12.8 Å². The van der Waals surface area contributed by atoms with E-state index in [9.17, 15) is 31.1 Å². The highest BCUT2D eigenvalue weighted by atomic mass is 19.4. The van der Waals surface area contributed by atoms with Crippen LogP contribution in [0.15, 0.2) is 4.99 Å². The molecule has 1 aliphatic carbocycles. The summed E-state index contributed by atoms with van der Waals surface area (Å²) in [6, 6.07) is -0.633. The molecule has 0 saturated heterocycles. The van der Waals surface area contributed by atoms with Gasteiger partial charge in [-0.25, -0.2) is 0 Å². The number of alkyl halides is 6. The molecular formula is C11H13F6NO. The van der Waals surface area contributed by atoms with Crippen LogP contribution in [0.5, 0.6) is 0 Å². The number of ketones is 1. The maximum absolute atomic E-state index is 12.6. The highest BCUT2D eigenvalue weighted by Gasteiger charge is 2.44. The Labute approximate surface area is 105 Å². The summed E-state index contributed by atoms with van der Waals surface area (Å²) in [6.45, 7) is 0. The summed E-state index contributed by atoms with van der Waals surface area (Å²) in [4.78, 5) is 14.0. The van der Waals surface area contributed by atoms with Crippen molar-refractivity contribution in [3.8, 4) is 0 Å². The molecule has 110 valence electrons. The molecule has 0 unspecified atom stereocenters. The monoisotopic (exact) mass is 289 g/mol. The molecule has 1 rings (SSSR count). The van der Waals surface area contributed by atoms with Gasteiger partial charge in [0.2, 0.25) is 5.78 Å². The third kappa shape index (κ3) is 5.20. The topological polar surface area (TPSA) is 29.4 Å². The summed E-state index contributed by atoms with van der Waals surface area (Å²) in [5.74, 6) is -2.42. The molecule has 1 fully saturated rings. The number of carbonyl (C=O) groups excluding carboxylic acids is 1. The average Bonchev–Trinajstić information content (AvgIpc) is 2.27. The van der Waals surface area contributed by atoms with Gasteiger partial charge in [-0.15, -0.1) is 0 Å². The van der Waals surface area contributed by atoms with Gasteiger partial charge in [-0.3, -0.25) is 9.79 Å². The van der Waals surface area contributed by atoms with E-state index in [-0.39, 0.29) is 0 Å². The van der Waals surface area contributed by atoms with E-state index in [2.05, 4.69) is 4.99 Å². The Kier molecular flexibility index (Phi) is 4.98. The maximum atomic E-state index is 12.6. The van der Waals surface area contributed by atoms with Crippen molar-refractivity contribution in [3.63, 3.8) is 0 Å². The summed E-state index contributed by atoms with van der Waals surface area (Å²) in [7, 11) is 0. The van der Waals surface area contributed by atoms with E-state index in [1.54, 1.807) is 0 Å². The first kappa shape index (κ1) is 16.0. The Morgan fingerprint density at radius 3 is 1.89 bits per heavy atom. The second-order valence-electron chi connectivity index (χ2n) is 4.46. The maximum Gasteiger partial charge on any atom is 0.450 e. The van der Waals surface area contributed by atoms with Crippen LogP contribution in [0.1, 0.15) is 38.5 Å². The van der Waals surface area contributed by atoms with Crippen molar-refractivity contribution >= 4 is 11.5 Å². The number of aliphatic imine (C=N–C) groups is 1. The number of halogens is 6. The Morgan fingerprint density at radius 1 is 0.947 bits per heavy atom. The minimum Gasteiger partial charge on any atom is -0.289 e. The number of nitrogens with zero attached hydrogens (tertiary/aromatic N) is 1. The van der Waals surface area contributed by atoms with E-state index >= 15 is 0 Å². The molecule has 0 aliphatic heterocycles. The summed E-state index contributed by atoms with van der Waals surface area (Å²) in [5, 5.41) is 0. The van der Waals surface area contributed by atoms with Gasteiger partial charge < -0.3 is 0 Å². The van der Waals surface area contributed by atoms with Crippen LogP contribution in [0.4, 0.5) is 26.3 Å². The first-order valence-corrected chi connectivity index (χ1v) is 5.84. The summed E-state index contributed by atoms with van der Waals surface area (Å²) >= 11 is 0. The van der Waals surface area contributed by atoms with Gasteiger partial charge in [0.15, 0.2) is 0 Å². The van der Waals surface area contributed by atoms with Gasteiger partial charge in [-0.1, -0.05) is 19.3 Å². The predicted molar refractivity (Wildman–Crippen MR) is 56.0 cm³/mol. The minimum atomic E-state index is -5.27. The van der Waals surface area contributed by atoms with E-state index in [4.69, 9.17) is 0 Å². The Morgan fingerprint density at radius 2 is 1.47 bits per heavy atom. The highest BCUT2D eigenvalue weighted by molar-refractivity contribution is 6.06. The standard InChI is InChI=1S/C11H13F6NO/c12-10(13,14)8(6-9(19)11(15,16)17)18-7-4-2-1-3-5-7/h7H,1-6H2. The fraction of sp³-hybridized carbons (Fsp3) is 0.818. The predicted octanol–water partition coefficient (Wildman–Crippen LogP) is 3.84. The lowest BCUT2D eigenvalue weighted by Gasteiger charge is -2.20.